The number of anilines is 1. The van der Waals surface area contributed by atoms with E-state index in [0.29, 0.717) is 5.65 Å². The first-order valence-corrected chi connectivity index (χ1v) is 7.20. The molecule has 2 aromatic heterocycles. The lowest BCUT2D eigenvalue weighted by molar-refractivity contribution is -0.129. The summed E-state index contributed by atoms with van der Waals surface area (Å²) < 4.78 is 42.0. The molecule has 0 fully saturated rings. The lowest BCUT2D eigenvalue weighted by Gasteiger charge is -2.14. The lowest BCUT2D eigenvalue weighted by atomic mass is 10.4. The molecule has 0 aliphatic rings. The summed E-state index contributed by atoms with van der Waals surface area (Å²) in [6, 6.07) is 7.70. The van der Waals surface area contributed by atoms with Gasteiger partial charge in [0.25, 0.3) is 0 Å². The van der Waals surface area contributed by atoms with Gasteiger partial charge in [-0.25, -0.2) is 9.37 Å². The van der Waals surface area contributed by atoms with Crippen LogP contribution in [0.2, 0.25) is 0 Å². The second kappa shape index (κ2) is 5.92. The van der Waals surface area contributed by atoms with Crippen LogP contribution in [0.15, 0.2) is 53.7 Å². The molecule has 0 unspecified atom stereocenters. The number of hydrogen-bond acceptors (Lipinski definition) is 4. The van der Waals surface area contributed by atoms with E-state index in [9.17, 15) is 18.0 Å². The van der Waals surface area contributed by atoms with Crippen LogP contribution in [0, 0.1) is 5.82 Å². The minimum absolute atomic E-state index is 0.0278. The van der Waals surface area contributed by atoms with Crippen molar-refractivity contribution in [1.82, 2.24) is 14.6 Å². The molecule has 23 heavy (non-hydrogen) atoms. The molecule has 1 aromatic carbocycles. The number of benzene rings is 1. The van der Waals surface area contributed by atoms with Crippen LogP contribution in [0.3, 0.4) is 0 Å². The molecule has 0 aliphatic carbocycles. The fraction of sp³-hybridized carbons (Fsp3) is 0.0714. The molecule has 0 bridgehead atoms. The van der Waals surface area contributed by atoms with Gasteiger partial charge in [0.2, 0.25) is 0 Å². The summed E-state index contributed by atoms with van der Waals surface area (Å²) in [7, 11) is 0. The summed E-state index contributed by atoms with van der Waals surface area (Å²) in [4.78, 5) is 15.8. The van der Waals surface area contributed by atoms with E-state index < -0.39 is 17.0 Å². The quantitative estimate of drug-likeness (QED) is 0.742. The molecule has 1 amide bonds. The van der Waals surface area contributed by atoms with Gasteiger partial charge in [0, 0.05) is 11.1 Å². The minimum Gasteiger partial charge on any atom is -0.303 e. The van der Waals surface area contributed by atoms with Crippen molar-refractivity contribution in [1.29, 1.82) is 0 Å². The maximum atomic E-state index is 14.0. The topological polar surface area (TPSA) is 59.3 Å². The van der Waals surface area contributed by atoms with E-state index >= 15 is 0 Å². The largest absolute Gasteiger partial charge is 0.375 e. The van der Waals surface area contributed by atoms with Crippen molar-refractivity contribution >= 4 is 29.1 Å². The van der Waals surface area contributed by atoms with Gasteiger partial charge in [-0.1, -0.05) is 0 Å². The molecule has 0 spiro atoms. The Labute approximate surface area is 132 Å². The summed E-state index contributed by atoms with van der Waals surface area (Å²) >= 11 is 0.0278. The van der Waals surface area contributed by atoms with E-state index in [1.165, 1.54) is 29.0 Å². The van der Waals surface area contributed by atoms with Crippen LogP contribution in [-0.4, -0.2) is 25.8 Å². The van der Waals surface area contributed by atoms with Crippen LogP contribution < -0.4 is 5.32 Å². The van der Waals surface area contributed by atoms with E-state index in [0.717, 1.165) is 12.1 Å². The van der Waals surface area contributed by atoms with Crippen molar-refractivity contribution in [3.05, 3.63) is 54.6 Å². The number of thioether (sulfide) groups is 1. The lowest BCUT2D eigenvalue weighted by Crippen LogP contribution is -2.31. The summed E-state index contributed by atoms with van der Waals surface area (Å²) in [5.41, 5.74) is 0.414. The van der Waals surface area contributed by atoms with E-state index in [1.807, 2.05) is 0 Å². The second-order valence-electron chi connectivity index (χ2n) is 4.46. The number of amides is 1. The van der Waals surface area contributed by atoms with Gasteiger partial charge in [0.05, 0.1) is 6.20 Å². The summed E-state index contributed by atoms with van der Waals surface area (Å²) in [5, 5.41) is 2.27. The molecule has 1 N–H and O–H groups in total. The van der Waals surface area contributed by atoms with Crippen LogP contribution >= 0.6 is 11.8 Å². The van der Waals surface area contributed by atoms with E-state index in [4.69, 9.17) is 0 Å². The molecule has 0 aliphatic heterocycles. The number of nitrogens with one attached hydrogen (secondary N) is 1. The molecule has 5 nitrogen and oxygen atoms in total. The van der Waals surface area contributed by atoms with E-state index in [-0.39, 0.29) is 22.5 Å². The number of halogens is 3. The summed E-state index contributed by atoms with van der Waals surface area (Å²) in [5.74, 6) is -2.02. The smallest absolute Gasteiger partial charge is 0.303 e. The third kappa shape index (κ3) is 3.29. The zero-order valence-electron chi connectivity index (χ0n) is 11.4. The van der Waals surface area contributed by atoms with Crippen LogP contribution in [0.25, 0.3) is 5.65 Å². The SMILES string of the molecule is O=C(Nc1cnc2cccnn12)C(F)(F)Sc1ccc(F)cc1. The van der Waals surface area contributed by atoms with E-state index in [2.05, 4.69) is 15.4 Å². The number of rotatable bonds is 4. The first kappa shape index (κ1) is 15.3. The number of nitrogens with zero attached hydrogens (tertiary/aromatic N) is 3. The fourth-order valence-corrected chi connectivity index (χ4v) is 2.51. The van der Waals surface area contributed by atoms with E-state index in [1.54, 1.807) is 12.1 Å². The van der Waals surface area contributed by atoms with Gasteiger partial charge in [0.1, 0.15) is 5.82 Å². The fourth-order valence-electron chi connectivity index (χ4n) is 1.80. The average Bonchev–Trinajstić information content (AvgIpc) is 2.93. The Bertz CT molecular complexity index is 851. The van der Waals surface area contributed by atoms with Crippen molar-refractivity contribution in [2.45, 2.75) is 10.2 Å². The number of carbonyl (C=O) groups is 1. The number of aromatic nitrogens is 3. The Morgan fingerprint density at radius 2 is 1.96 bits per heavy atom. The van der Waals surface area contributed by atoms with Crippen molar-refractivity contribution in [2.75, 3.05) is 5.32 Å². The molecular formula is C14H9F3N4OS. The maximum absolute atomic E-state index is 14.0. The van der Waals surface area contributed by atoms with Crippen LogP contribution in [0.5, 0.6) is 0 Å². The second-order valence-corrected chi connectivity index (χ2v) is 5.65. The number of fused-ring (bicyclic) bond motifs is 1. The average molecular weight is 338 g/mol. The molecule has 0 atom stereocenters. The number of hydrogen-bond donors (Lipinski definition) is 1. The van der Waals surface area contributed by atoms with Gasteiger partial charge >= 0.3 is 11.2 Å². The molecule has 3 rings (SSSR count). The molecule has 0 radical (unpaired) electrons. The zero-order valence-corrected chi connectivity index (χ0v) is 12.2. The number of imidazole rings is 1. The molecule has 0 saturated carbocycles. The van der Waals surface area contributed by atoms with Gasteiger partial charge in [-0.05, 0) is 48.2 Å². The van der Waals surface area contributed by atoms with Crippen LogP contribution in [-0.2, 0) is 4.79 Å². The van der Waals surface area contributed by atoms with Crippen molar-refractivity contribution in [3.8, 4) is 0 Å². The predicted octanol–water partition coefficient (Wildman–Crippen LogP) is 3.19. The molecule has 9 heteroatoms. The molecule has 0 saturated heterocycles. The highest BCUT2D eigenvalue weighted by Crippen LogP contribution is 2.36. The van der Waals surface area contributed by atoms with Gasteiger partial charge in [0.15, 0.2) is 11.5 Å². The molecular weight excluding hydrogens is 329 g/mol. The summed E-state index contributed by atoms with van der Waals surface area (Å²) in [6.45, 7) is 0. The Morgan fingerprint density at radius 3 is 2.70 bits per heavy atom. The third-order valence-corrected chi connectivity index (χ3v) is 3.79. The monoisotopic (exact) mass is 338 g/mol. The van der Waals surface area contributed by atoms with Crippen LogP contribution in [0.1, 0.15) is 0 Å². The molecule has 118 valence electrons. The molecule has 2 heterocycles. The van der Waals surface area contributed by atoms with Gasteiger partial charge in [-0.15, -0.1) is 0 Å². The highest BCUT2D eigenvalue weighted by molar-refractivity contribution is 8.01. The Balaban J connectivity index is 1.77. The Hall–Kier alpha value is -2.55. The highest BCUT2D eigenvalue weighted by Gasteiger charge is 2.40. The first-order chi connectivity index (χ1) is 11.0. The van der Waals surface area contributed by atoms with Gasteiger partial charge in [-0.2, -0.15) is 18.4 Å². The Kier molecular flexibility index (Phi) is 3.95. The maximum Gasteiger partial charge on any atom is 0.375 e. The number of alkyl halides is 2. The summed E-state index contributed by atoms with van der Waals surface area (Å²) in [6.07, 6.45) is 2.68. The number of carbonyl (C=O) groups excluding carboxylic acids is 1. The van der Waals surface area contributed by atoms with Crippen molar-refractivity contribution < 1.29 is 18.0 Å². The van der Waals surface area contributed by atoms with Crippen molar-refractivity contribution in [3.63, 3.8) is 0 Å². The standard InChI is InChI=1S/C14H9F3N4OS/c15-9-3-5-10(6-4-9)23-14(16,17)13(22)20-12-8-18-11-2-1-7-19-21(11)12/h1-8H,(H,20,22). The highest BCUT2D eigenvalue weighted by atomic mass is 32.2. The first-order valence-electron chi connectivity index (χ1n) is 6.38. The molecule has 3 aromatic rings. The van der Waals surface area contributed by atoms with Gasteiger partial charge in [-0.3, -0.25) is 4.79 Å². The van der Waals surface area contributed by atoms with Crippen LogP contribution in [0.4, 0.5) is 19.0 Å². The van der Waals surface area contributed by atoms with Crippen molar-refractivity contribution in [2.24, 2.45) is 0 Å². The normalized spacial score (nSPS) is 11.6. The zero-order chi connectivity index (χ0) is 16.4. The third-order valence-electron chi connectivity index (χ3n) is 2.84. The minimum atomic E-state index is -3.74. The predicted molar refractivity (Wildman–Crippen MR) is 78.8 cm³/mol. The Morgan fingerprint density at radius 1 is 1.22 bits per heavy atom. The van der Waals surface area contributed by atoms with Gasteiger partial charge < -0.3 is 5.32 Å².